The maximum absolute atomic E-state index is 8.94. The third-order valence-electron chi connectivity index (χ3n) is 2.26. The fourth-order valence-electron chi connectivity index (χ4n) is 1.46. The molecule has 0 saturated carbocycles. The molecular formula is C12H12N4O. The Balaban J connectivity index is 2.12. The molecule has 5 heteroatoms. The Hall–Kier alpha value is -2.48. The molecule has 2 aromatic rings. The number of nitrogens with zero attached hydrogens (tertiary/aromatic N) is 2. The Labute approximate surface area is 98.9 Å². The van der Waals surface area contributed by atoms with Gasteiger partial charge in [0.15, 0.2) is 0 Å². The van der Waals surface area contributed by atoms with Crippen LogP contribution in [0.15, 0.2) is 28.8 Å². The van der Waals surface area contributed by atoms with E-state index < -0.39 is 0 Å². The Morgan fingerprint density at radius 2 is 2.35 bits per heavy atom. The van der Waals surface area contributed by atoms with E-state index in [0.29, 0.717) is 23.6 Å². The molecule has 3 N–H and O–H groups in total. The van der Waals surface area contributed by atoms with Crippen LogP contribution in [0.5, 0.6) is 0 Å². The predicted octanol–water partition coefficient (Wildman–Crippen LogP) is 2.05. The first-order chi connectivity index (χ1) is 8.19. The van der Waals surface area contributed by atoms with Gasteiger partial charge >= 0.3 is 0 Å². The quantitative estimate of drug-likeness (QED) is 0.839. The Morgan fingerprint density at radius 1 is 1.53 bits per heavy atom. The maximum Gasteiger partial charge on any atom is 0.144 e. The van der Waals surface area contributed by atoms with Crippen molar-refractivity contribution < 1.29 is 4.42 Å². The summed E-state index contributed by atoms with van der Waals surface area (Å²) in [6, 6.07) is 7.40. The number of aryl methyl sites for hydroxylation is 1. The predicted molar refractivity (Wildman–Crippen MR) is 64.1 cm³/mol. The second-order valence-corrected chi connectivity index (χ2v) is 3.64. The lowest BCUT2D eigenvalue weighted by atomic mass is 10.2. The SMILES string of the molecule is Cc1ccc(CNc2ncc(N)cc2C#N)o1. The number of anilines is 2. The van der Waals surface area contributed by atoms with Crippen molar-refractivity contribution >= 4 is 11.5 Å². The number of aromatic nitrogens is 1. The van der Waals surface area contributed by atoms with Gasteiger partial charge in [0.25, 0.3) is 0 Å². The molecule has 0 spiro atoms. The minimum atomic E-state index is 0.424. The molecule has 0 saturated heterocycles. The van der Waals surface area contributed by atoms with Crippen LogP contribution in [-0.2, 0) is 6.54 Å². The van der Waals surface area contributed by atoms with E-state index in [0.717, 1.165) is 11.5 Å². The second kappa shape index (κ2) is 4.58. The fourth-order valence-corrected chi connectivity index (χ4v) is 1.46. The van der Waals surface area contributed by atoms with E-state index in [2.05, 4.69) is 10.3 Å². The number of nitrogens with two attached hydrogens (primary N) is 1. The molecule has 0 aromatic carbocycles. The highest BCUT2D eigenvalue weighted by Crippen LogP contribution is 2.15. The summed E-state index contributed by atoms with van der Waals surface area (Å²) in [7, 11) is 0. The van der Waals surface area contributed by atoms with Crippen molar-refractivity contribution in [2.24, 2.45) is 0 Å². The van der Waals surface area contributed by atoms with Crippen LogP contribution in [0.3, 0.4) is 0 Å². The lowest BCUT2D eigenvalue weighted by Crippen LogP contribution is -2.03. The van der Waals surface area contributed by atoms with Gasteiger partial charge in [0.2, 0.25) is 0 Å². The molecule has 0 fully saturated rings. The first-order valence-corrected chi connectivity index (χ1v) is 5.14. The number of rotatable bonds is 3. The van der Waals surface area contributed by atoms with Crippen LogP contribution < -0.4 is 11.1 Å². The van der Waals surface area contributed by atoms with Gasteiger partial charge in [0.1, 0.15) is 23.4 Å². The summed E-state index contributed by atoms with van der Waals surface area (Å²) >= 11 is 0. The molecule has 2 heterocycles. The molecule has 17 heavy (non-hydrogen) atoms. The topological polar surface area (TPSA) is 87.9 Å². The molecule has 0 aliphatic heterocycles. The fraction of sp³-hybridized carbons (Fsp3) is 0.167. The lowest BCUT2D eigenvalue weighted by Gasteiger charge is -2.05. The summed E-state index contributed by atoms with van der Waals surface area (Å²) in [4.78, 5) is 4.07. The zero-order valence-electron chi connectivity index (χ0n) is 9.40. The molecule has 0 bridgehead atoms. The number of nitrogen functional groups attached to an aromatic ring is 1. The van der Waals surface area contributed by atoms with E-state index in [1.165, 1.54) is 6.20 Å². The number of nitrogens with one attached hydrogen (secondary N) is 1. The van der Waals surface area contributed by atoms with Crippen LogP contribution in [0, 0.1) is 18.3 Å². The standard InChI is InChI=1S/C12H12N4O/c1-8-2-3-11(17-8)7-16-12-9(5-13)4-10(14)6-15-12/h2-4,6H,7,14H2,1H3,(H,15,16). The van der Waals surface area contributed by atoms with E-state index in [9.17, 15) is 0 Å². The summed E-state index contributed by atoms with van der Waals surface area (Å²) in [5.74, 6) is 2.16. The highest BCUT2D eigenvalue weighted by molar-refractivity contribution is 5.57. The first kappa shape index (κ1) is 11.0. The summed E-state index contributed by atoms with van der Waals surface area (Å²) < 4.78 is 5.40. The van der Waals surface area contributed by atoms with Crippen molar-refractivity contribution in [1.29, 1.82) is 5.26 Å². The number of hydrogen-bond donors (Lipinski definition) is 2. The highest BCUT2D eigenvalue weighted by Gasteiger charge is 2.05. The average Bonchev–Trinajstić information content (AvgIpc) is 2.73. The summed E-state index contributed by atoms with van der Waals surface area (Å²) in [5.41, 5.74) is 6.45. The molecule has 0 atom stereocenters. The second-order valence-electron chi connectivity index (χ2n) is 3.64. The van der Waals surface area contributed by atoms with Gasteiger partial charge in [-0.2, -0.15) is 5.26 Å². The maximum atomic E-state index is 8.94. The smallest absolute Gasteiger partial charge is 0.144 e. The van der Waals surface area contributed by atoms with Crippen molar-refractivity contribution in [3.8, 4) is 6.07 Å². The van der Waals surface area contributed by atoms with Crippen LogP contribution in [0.4, 0.5) is 11.5 Å². The highest BCUT2D eigenvalue weighted by atomic mass is 16.3. The third-order valence-corrected chi connectivity index (χ3v) is 2.26. The molecule has 0 radical (unpaired) electrons. The Kier molecular flexibility index (Phi) is 2.97. The van der Waals surface area contributed by atoms with Gasteiger partial charge in [0.05, 0.1) is 24.0 Å². The summed E-state index contributed by atoms with van der Waals surface area (Å²) in [5, 5.41) is 12.0. The minimum absolute atomic E-state index is 0.424. The molecule has 0 amide bonds. The van der Waals surface area contributed by atoms with Gasteiger partial charge in [-0.05, 0) is 25.1 Å². The van der Waals surface area contributed by atoms with E-state index in [1.54, 1.807) is 6.07 Å². The van der Waals surface area contributed by atoms with Crippen LogP contribution in [0.25, 0.3) is 0 Å². The summed E-state index contributed by atoms with van der Waals surface area (Å²) in [6.07, 6.45) is 1.51. The van der Waals surface area contributed by atoms with Crippen molar-refractivity contribution in [2.45, 2.75) is 13.5 Å². The van der Waals surface area contributed by atoms with Gasteiger partial charge < -0.3 is 15.5 Å². The molecule has 0 aliphatic carbocycles. The number of furan rings is 1. The minimum Gasteiger partial charge on any atom is -0.465 e. The van der Waals surface area contributed by atoms with Gasteiger partial charge in [-0.25, -0.2) is 4.98 Å². The van der Waals surface area contributed by atoms with E-state index >= 15 is 0 Å². The molecule has 86 valence electrons. The van der Waals surface area contributed by atoms with Gasteiger partial charge in [-0.1, -0.05) is 0 Å². The van der Waals surface area contributed by atoms with Gasteiger partial charge in [-0.15, -0.1) is 0 Å². The zero-order valence-corrected chi connectivity index (χ0v) is 9.40. The van der Waals surface area contributed by atoms with Crippen LogP contribution in [0.2, 0.25) is 0 Å². The Bertz CT molecular complexity index is 568. The molecule has 2 rings (SSSR count). The molecule has 2 aromatic heterocycles. The lowest BCUT2D eigenvalue weighted by molar-refractivity contribution is 0.490. The first-order valence-electron chi connectivity index (χ1n) is 5.14. The largest absolute Gasteiger partial charge is 0.465 e. The van der Waals surface area contributed by atoms with Crippen molar-refractivity contribution in [3.05, 3.63) is 41.5 Å². The Morgan fingerprint density at radius 3 is 3.00 bits per heavy atom. The van der Waals surface area contributed by atoms with Crippen molar-refractivity contribution in [2.75, 3.05) is 11.1 Å². The molecule has 5 nitrogen and oxygen atoms in total. The number of hydrogen-bond acceptors (Lipinski definition) is 5. The molecule has 0 aliphatic rings. The van der Waals surface area contributed by atoms with Gasteiger partial charge in [0, 0.05) is 0 Å². The monoisotopic (exact) mass is 228 g/mol. The molecule has 0 unspecified atom stereocenters. The van der Waals surface area contributed by atoms with E-state index in [1.807, 2.05) is 25.1 Å². The molecular weight excluding hydrogens is 216 g/mol. The van der Waals surface area contributed by atoms with E-state index in [-0.39, 0.29) is 0 Å². The van der Waals surface area contributed by atoms with Crippen LogP contribution >= 0.6 is 0 Å². The zero-order chi connectivity index (χ0) is 12.3. The summed E-state index contributed by atoms with van der Waals surface area (Å²) in [6.45, 7) is 2.37. The average molecular weight is 228 g/mol. The van der Waals surface area contributed by atoms with Crippen LogP contribution in [-0.4, -0.2) is 4.98 Å². The van der Waals surface area contributed by atoms with Gasteiger partial charge in [-0.3, -0.25) is 0 Å². The van der Waals surface area contributed by atoms with E-state index in [4.69, 9.17) is 15.4 Å². The number of nitriles is 1. The van der Waals surface area contributed by atoms with Crippen molar-refractivity contribution in [3.63, 3.8) is 0 Å². The van der Waals surface area contributed by atoms with Crippen LogP contribution in [0.1, 0.15) is 17.1 Å². The van der Waals surface area contributed by atoms with Crippen molar-refractivity contribution in [1.82, 2.24) is 4.98 Å². The number of pyridine rings is 1. The normalized spacial score (nSPS) is 9.88. The third kappa shape index (κ3) is 2.55.